The van der Waals surface area contributed by atoms with Crippen molar-refractivity contribution in [3.63, 3.8) is 0 Å². The van der Waals surface area contributed by atoms with Gasteiger partial charge in [0.2, 0.25) is 0 Å². The topological polar surface area (TPSA) is 41.3 Å². The molecule has 0 aliphatic heterocycles. The number of nitrogens with zero attached hydrogens (tertiary/aromatic N) is 3. The van der Waals surface area contributed by atoms with Crippen molar-refractivity contribution >= 4 is 0 Å². The molecular weight excluding hydrogens is 262 g/mol. The minimum Gasteiger partial charge on any atom is -0.395 e. The average Bonchev–Trinajstić information content (AvgIpc) is 3.19. The zero-order chi connectivity index (χ0) is 14.5. The molecule has 1 saturated carbocycles. The zero-order valence-electron chi connectivity index (χ0n) is 12.4. The van der Waals surface area contributed by atoms with E-state index < -0.39 is 0 Å². The molecule has 112 valence electrons. The fraction of sp³-hybridized carbons (Fsp3) is 0.471. The van der Waals surface area contributed by atoms with E-state index in [0.717, 1.165) is 18.8 Å². The summed E-state index contributed by atoms with van der Waals surface area (Å²) in [6, 6.07) is 10.8. The number of aliphatic hydroxyl groups is 1. The first-order chi connectivity index (χ1) is 10.4. The molecule has 4 heteroatoms. The number of para-hydroxylation sites is 1. The number of hydrogen-bond donors (Lipinski definition) is 1. The molecule has 2 aromatic rings. The maximum absolute atomic E-state index is 9.30. The van der Waals surface area contributed by atoms with Crippen molar-refractivity contribution < 1.29 is 5.11 Å². The molecule has 0 bridgehead atoms. The first kappa shape index (κ1) is 14.3. The van der Waals surface area contributed by atoms with Crippen LogP contribution >= 0.6 is 0 Å². The molecule has 0 spiro atoms. The van der Waals surface area contributed by atoms with Gasteiger partial charge in [-0.3, -0.25) is 4.90 Å². The second-order valence-electron chi connectivity index (χ2n) is 5.76. The lowest BCUT2D eigenvalue weighted by Crippen LogP contribution is -2.34. The van der Waals surface area contributed by atoms with Crippen molar-refractivity contribution in [2.75, 3.05) is 13.2 Å². The molecule has 0 radical (unpaired) electrons. The fourth-order valence-corrected chi connectivity index (χ4v) is 3.19. The van der Waals surface area contributed by atoms with Crippen molar-refractivity contribution in [1.82, 2.24) is 14.7 Å². The van der Waals surface area contributed by atoms with Gasteiger partial charge in [0.15, 0.2) is 0 Å². The molecule has 1 aliphatic carbocycles. The minimum atomic E-state index is 0.226. The summed E-state index contributed by atoms with van der Waals surface area (Å²) in [6.45, 7) is 1.85. The van der Waals surface area contributed by atoms with Gasteiger partial charge < -0.3 is 5.11 Å². The van der Waals surface area contributed by atoms with Crippen LogP contribution in [0.5, 0.6) is 0 Å². The summed E-state index contributed by atoms with van der Waals surface area (Å²) in [4.78, 5) is 2.40. The van der Waals surface area contributed by atoms with Crippen molar-refractivity contribution in [2.45, 2.75) is 38.3 Å². The zero-order valence-corrected chi connectivity index (χ0v) is 12.4. The summed E-state index contributed by atoms with van der Waals surface area (Å²) >= 11 is 0. The largest absolute Gasteiger partial charge is 0.395 e. The minimum absolute atomic E-state index is 0.226. The van der Waals surface area contributed by atoms with E-state index in [4.69, 9.17) is 0 Å². The number of benzene rings is 1. The Morgan fingerprint density at radius 2 is 1.95 bits per heavy atom. The highest BCUT2D eigenvalue weighted by Gasteiger charge is 2.22. The molecule has 1 aliphatic rings. The Hall–Kier alpha value is -1.65. The molecule has 21 heavy (non-hydrogen) atoms. The third-order valence-corrected chi connectivity index (χ3v) is 4.27. The molecule has 1 aromatic heterocycles. The van der Waals surface area contributed by atoms with E-state index in [-0.39, 0.29) is 6.61 Å². The van der Waals surface area contributed by atoms with Crippen molar-refractivity contribution in [3.05, 3.63) is 48.3 Å². The number of hydrogen-bond acceptors (Lipinski definition) is 3. The Labute approximate surface area is 126 Å². The van der Waals surface area contributed by atoms with E-state index in [1.807, 2.05) is 29.1 Å². The highest BCUT2D eigenvalue weighted by atomic mass is 16.3. The highest BCUT2D eigenvalue weighted by molar-refractivity contribution is 5.30. The molecule has 0 saturated heterocycles. The summed E-state index contributed by atoms with van der Waals surface area (Å²) in [5, 5.41) is 13.7. The van der Waals surface area contributed by atoms with Gasteiger partial charge in [-0.2, -0.15) is 5.10 Å². The second-order valence-corrected chi connectivity index (χ2v) is 5.76. The number of rotatable bonds is 6. The van der Waals surface area contributed by atoms with E-state index >= 15 is 0 Å². The number of aromatic nitrogens is 2. The van der Waals surface area contributed by atoms with Gasteiger partial charge in [-0.1, -0.05) is 31.0 Å². The molecule has 3 rings (SSSR count). The van der Waals surface area contributed by atoms with Crippen LogP contribution in [0.2, 0.25) is 0 Å². The first-order valence-electron chi connectivity index (χ1n) is 7.80. The van der Waals surface area contributed by atoms with Crippen LogP contribution in [0.25, 0.3) is 5.69 Å². The van der Waals surface area contributed by atoms with Gasteiger partial charge >= 0.3 is 0 Å². The SMILES string of the molecule is OCCN(Cc1cnn(-c2ccccc2)c1)C1CCCC1. The van der Waals surface area contributed by atoms with Gasteiger partial charge in [0, 0.05) is 30.9 Å². The van der Waals surface area contributed by atoms with Gasteiger partial charge in [-0.25, -0.2) is 4.68 Å². The van der Waals surface area contributed by atoms with Gasteiger partial charge in [0.1, 0.15) is 0 Å². The van der Waals surface area contributed by atoms with Crippen molar-refractivity contribution in [3.8, 4) is 5.69 Å². The third-order valence-electron chi connectivity index (χ3n) is 4.27. The van der Waals surface area contributed by atoms with E-state index in [9.17, 15) is 5.11 Å². The Bertz CT molecular complexity index is 546. The molecule has 1 fully saturated rings. The van der Waals surface area contributed by atoms with Crippen LogP contribution < -0.4 is 0 Å². The summed E-state index contributed by atoms with van der Waals surface area (Å²) in [5.74, 6) is 0. The molecule has 1 heterocycles. The van der Waals surface area contributed by atoms with Gasteiger partial charge in [-0.05, 0) is 25.0 Å². The van der Waals surface area contributed by atoms with Crippen LogP contribution in [0, 0.1) is 0 Å². The highest BCUT2D eigenvalue weighted by Crippen LogP contribution is 2.24. The summed E-state index contributed by atoms with van der Waals surface area (Å²) in [6.07, 6.45) is 9.17. The Morgan fingerprint density at radius 3 is 2.67 bits per heavy atom. The predicted molar refractivity (Wildman–Crippen MR) is 83.3 cm³/mol. The molecule has 4 nitrogen and oxygen atoms in total. The smallest absolute Gasteiger partial charge is 0.0645 e. The van der Waals surface area contributed by atoms with Crippen LogP contribution in [0.4, 0.5) is 0 Å². The van der Waals surface area contributed by atoms with Crippen LogP contribution in [-0.4, -0.2) is 39.0 Å². The molecule has 0 atom stereocenters. The lowest BCUT2D eigenvalue weighted by Gasteiger charge is -2.27. The Kier molecular flexibility index (Phi) is 4.68. The van der Waals surface area contributed by atoms with E-state index in [1.54, 1.807) is 0 Å². The fourth-order valence-electron chi connectivity index (χ4n) is 3.19. The maximum atomic E-state index is 9.30. The summed E-state index contributed by atoms with van der Waals surface area (Å²) in [7, 11) is 0. The standard InChI is InChI=1S/C17H23N3O/c21-11-10-19(16-6-4-5-7-16)13-15-12-18-20(14-15)17-8-2-1-3-9-17/h1-3,8-9,12,14,16,21H,4-7,10-11,13H2. The van der Waals surface area contributed by atoms with Crippen molar-refractivity contribution in [2.24, 2.45) is 0 Å². The van der Waals surface area contributed by atoms with Gasteiger partial charge in [0.05, 0.1) is 18.5 Å². The van der Waals surface area contributed by atoms with Gasteiger partial charge in [0.25, 0.3) is 0 Å². The quantitative estimate of drug-likeness (QED) is 0.887. The molecular formula is C17H23N3O. The van der Waals surface area contributed by atoms with E-state index in [2.05, 4.69) is 28.3 Å². The molecule has 0 unspecified atom stereocenters. The third kappa shape index (κ3) is 3.52. The van der Waals surface area contributed by atoms with Crippen LogP contribution in [0.15, 0.2) is 42.7 Å². The Morgan fingerprint density at radius 1 is 1.19 bits per heavy atom. The lowest BCUT2D eigenvalue weighted by atomic mass is 10.2. The molecule has 0 amide bonds. The van der Waals surface area contributed by atoms with E-state index in [0.29, 0.717) is 6.04 Å². The molecule has 1 N–H and O–H groups in total. The van der Waals surface area contributed by atoms with Crippen LogP contribution in [-0.2, 0) is 6.54 Å². The van der Waals surface area contributed by atoms with Crippen molar-refractivity contribution in [1.29, 1.82) is 0 Å². The first-order valence-corrected chi connectivity index (χ1v) is 7.80. The summed E-state index contributed by atoms with van der Waals surface area (Å²) in [5.41, 5.74) is 2.29. The lowest BCUT2D eigenvalue weighted by molar-refractivity contribution is 0.145. The maximum Gasteiger partial charge on any atom is 0.0645 e. The van der Waals surface area contributed by atoms with Gasteiger partial charge in [-0.15, -0.1) is 0 Å². The second kappa shape index (κ2) is 6.87. The molecule has 1 aromatic carbocycles. The Balaban J connectivity index is 1.70. The van der Waals surface area contributed by atoms with Crippen LogP contribution in [0.3, 0.4) is 0 Å². The summed E-state index contributed by atoms with van der Waals surface area (Å²) < 4.78 is 1.92. The number of aliphatic hydroxyl groups excluding tert-OH is 1. The predicted octanol–water partition coefficient (Wildman–Crippen LogP) is 2.61. The average molecular weight is 285 g/mol. The van der Waals surface area contributed by atoms with E-state index in [1.165, 1.54) is 31.2 Å². The monoisotopic (exact) mass is 285 g/mol. The normalized spacial score (nSPS) is 15.9. The van der Waals surface area contributed by atoms with Crippen LogP contribution in [0.1, 0.15) is 31.2 Å².